The van der Waals surface area contributed by atoms with Crippen molar-refractivity contribution in [2.75, 3.05) is 11.1 Å². The van der Waals surface area contributed by atoms with Crippen LogP contribution in [0.4, 0.5) is 5.69 Å². The molecule has 0 bridgehead atoms. The third kappa shape index (κ3) is 4.54. The molecule has 0 aliphatic carbocycles. The number of benzene rings is 2. The number of para-hydroxylation sites is 1. The highest BCUT2D eigenvalue weighted by Gasteiger charge is 2.17. The average Bonchev–Trinajstić information content (AvgIpc) is 2.86. The summed E-state index contributed by atoms with van der Waals surface area (Å²) in [5.74, 6) is 0.835. The Morgan fingerprint density at radius 3 is 2.59 bits per heavy atom. The highest BCUT2D eigenvalue weighted by molar-refractivity contribution is 9.10. The standard InChI is InChI=1S/C20H20BrN3O2S/c1-14-19(20(26)24(23(14)2)17-9-4-3-5-10-17)22-18(25)13-27-12-15-7-6-8-16(21)11-15/h3-11H,12-13H2,1-2H3,(H,22,25). The summed E-state index contributed by atoms with van der Waals surface area (Å²) in [5, 5.41) is 2.78. The maximum atomic E-state index is 12.8. The zero-order valence-electron chi connectivity index (χ0n) is 15.1. The molecule has 0 spiro atoms. The van der Waals surface area contributed by atoms with Gasteiger partial charge in [0.05, 0.1) is 17.1 Å². The lowest BCUT2D eigenvalue weighted by Gasteiger charge is -2.07. The van der Waals surface area contributed by atoms with Crippen LogP contribution in [0.5, 0.6) is 0 Å². The van der Waals surface area contributed by atoms with Crippen LogP contribution in [-0.2, 0) is 17.6 Å². The van der Waals surface area contributed by atoms with Gasteiger partial charge in [-0.15, -0.1) is 11.8 Å². The van der Waals surface area contributed by atoms with Gasteiger partial charge < -0.3 is 5.32 Å². The first-order valence-electron chi connectivity index (χ1n) is 8.43. The lowest BCUT2D eigenvalue weighted by molar-refractivity contribution is -0.113. The molecule has 1 heterocycles. The van der Waals surface area contributed by atoms with Gasteiger partial charge >= 0.3 is 0 Å². The molecule has 0 saturated heterocycles. The van der Waals surface area contributed by atoms with Crippen LogP contribution in [0.1, 0.15) is 11.3 Å². The molecule has 0 unspecified atom stereocenters. The topological polar surface area (TPSA) is 56.0 Å². The van der Waals surface area contributed by atoms with Crippen LogP contribution >= 0.6 is 27.7 Å². The highest BCUT2D eigenvalue weighted by atomic mass is 79.9. The van der Waals surface area contributed by atoms with E-state index in [1.165, 1.54) is 11.8 Å². The number of hydrogen-bond acceptors (Lipinski definition) is 3. The Kier molecular flexibility index (Phi) is 6.23. The van der Waals surface area contributed by atoms with Crippen LogP contribution in [0.25, 0.3) is 5.69 Å². The summed E-state index contributed by atoms with van der Waals surface area (Å²) in [6, 6.07) is 17.4. The first kappa shape index (κ1) is 19.5. The van der Waals surface area contributed by atoms with E-state index in [4.69, 9.17) is 0 Å². The van der Waals surface area contributed by atoms with Gasteiger partial charge in [-0.05, 0) is 36.8 Å². The summed E-state index contributed by atoms with van der Waals surface area (Å²) in [6.45, 7) is 1.82. The molecule has 3 aromatic rings. The van der Waals surface area contributed by atoms with Crippen LogP contribution in [0.15, 0.2) is 63.9 Å². The van der Waals surface area contributed by atoms with Crippen molar-refractivity contribution in [3.8, 4) is 5.69 Å². The maximum absolute atomic E-state index is 12.8. The van der Waals surface area contributed by atoms with Crippen LogP contribution in [-0.4, -0.2) is 21.0 Å². The number of carbonyl (C=O) groups excluding carboxylic acids is 1. The van der Waals surface area contributed by atoms with E-state index in [9.17, 15) is 9.59 Å². The van der Waals surface area contributed by atoms with Gasteiger partial charge in [0.2, 0.25) is 5.91 Å². The number of amides is 1. The molecule has 0 radical (unpaired) electrons. The third-order valence-electron chi connectivity index (χ3n) is 4.21. The zero-order chi connectivity index (χ0) is 19.4. The fourth-order valence-corrected chi connectivity index (χ4v) is 4.00. The van der Waals surface area contributed by atoms with Crippen molar-refractivity contribution >= 4 is 39.3 Å². The molecule has 0 saturated carbocycles. The number of carbonyl (C=O) groups is 1. The minimum Gasteiger partial charge on any atom is -0.319 e. The van der Waals surface area contributed by atoms with Gasteiger partial charge in [-0.25, -0.2) is 4.68 Å². The van der Waals surface area contributed by atoms with Crippen LogP contribution in [0, 0.1) is 6.92 Å². The summed E-state index contributed by atoms with van der Waals surface area (Å²) >= 11 is 4.96. The number of anilines is 1. The quantitative estimate of drug-likeness (QED) is 0.620. The molecule has 0 atom stereocenters. The number of nitrogens with zero attached hydrogens (tertiary/aromatic N) is 2. The molecule has 27 heavy (non-hydrogen) atoms. The summed E-state index contributed by atoms with van der Waals surface area (Å²) in [7, 11) is 1.81. The molecule has 5 nitrogen and oxygen atoms in total. The van der Waals surface area contributed by atoms with Crippen molar-refractivity contribution in [3.05, 3.63) is 80.7 Å². The normalized spacial score (nSPS) is 10.8. The maximum Gasteiger partial charge on any atom is 0.295 e. The molecule has 2 aromatic carbocycles. The molecule has 1 N–H and O–H groups in total. The second-order valence-electron chi connectivity index (χ2n) is 6.11. The summed E-state index contributed by atoms with van der Waals surface area (Å²) < 4.78 is 4.33. The predicted molar refractivity (Wildman–Crippen MR) is 115 cm³/mol. The van der Waals surface area contributed by atoms with E-state index in [-0.39, 0.29) is 17.2 Å². The van der Waals surface area contributed by atoms with E-state index >= 15 is 0 Å². The van der Waals surface area contributed by atoms with Gasteiger partial charge in [-0.3, -0.25) is 14.3 Å². The van der Waals surface area contributed by atoms with Crippen molar-refractivity contribution in [2.24, 2.45) is 7.05 Å². The highest BCUT2D eigenvalue weighted by Crippen LogP contribution is 2.18. The first-order valence-corrected chi connectivity index (χ1v) is 10.4. The predicted octanol–water partition coefficient (Wildman–Crippen LogP) is 4.12. The van der Waals surface area contributed by atoms with Crippen molar-refractivity contribution in [1.82, 2.24) is 9.36 Å². The molecule has 1 aromatic heterocycles. The Morgan fingerprint density at radius 2 is 1.89 bits per heavy atom. The van der Waals surface area contributed by atoms with Crippen molar-refractivity contribution in [1.29, 1.82) is 0 Å². The lowest BCUT2D eigenvalue weighted by Crippen LogP contribution is -2.23. The molecule has 140 valence electrons. The van der Waals surface area contributed by atoms with Crippen molar-refractivity contribution < 1.29 is 4.79 Å². The number of aromatic nitrogens is 2. The molecule has 0 aliphatic heterocycles. The fraction of sp³-hybridized carbons (Fsp3) is 0.200. The Morgan fingerprint density at radius 1 is 1.15 bits per heavy atom. The van der Waals surface area contributed by atoms with E-state index in [0.29, 0.717) is 11.4 Å². The Bertz CT molecular complexity index is 1010. The van der Waals surface area contributed by atoms with Crippen molar-refractivity contribution in [2.45, 2.75) is 12.7 Å². The van der Waals surface area contributed by atoms with E-state index in [0.717, 1.165) is 21.5 Å². The smallest absolute Gasteiger partial charge is 0.295 e. The lowest BCUT2D eigenvalue weighted by atomic mass is 10.2. The minimum atomic E-state index is -0.230. The van der Waals surface area contributed by atoms with Crippen LogP contribution in [0.3, 0.4) is 0 Å². The van der Waals surface area contributed by atoms with Gasteiger partial charge in [-0.2, -0.15) is 0 Å². The van der Waals surface area contributed by atoms with Crippen LogP contribution < -0.4 is 10.9 Å². The summed E-state index contributed by atoms with van der Waals surface area (Å²) in [4.78, 5) is 25.1. The van der Waals surface area contributed by atoms with E-state index in [1.54, 1.807) is 16.4 Å². The van der Waals surface area contributed by atoms with E-state index < -0.39 is 0 Å². The van der Waals surface area contributed by atoms with Crippen molar-refractivity contribution in [3.63, 3.8) is 0 Å². The first-order chi connectivity index (χ1) is 13.0. The van der Waals surface area contributed by atoms with Gasteiger partial charge in [0, 0.05) is 17.3 Å². The molecule has 1 amide bonds. The molecule has 0 aliphatic rings. The average molecular weight is 446 g/mol. The largest absolute Gasteiger partial charge is 0.319 e. The number of hydrogen-bond donors (Lipinski definition) is 1. The second-order valence-corrected chi connectivity index (χ2v) is 8.01. The Balaban J connectivity index is 1.68. The summed E-state index contributed by atoms with van der Waals surface area (Å²) in [5.41, 5.74) is 2.72. The number of rotatable bonds is 6. The molecule has 7 heteroatoms. The fourth-order valence-electron chi connectivity index (χ4n) is 2.78. The van der Waals surface area contributed by atoms with Crippen LogP contribution in [0.2, 0.25) is 0 Å². The number of nitrogens with one attached hydrogen (secondary N) is 1. The van der Waals surface area contributed by atoms with E-state index in [2.05, 4.69) is 21.2 Å². The minimum absolute atomic E-state index is 0.180. The second kappa shape index (κ2) is 8.63. The molecule has 3 rings (SSSR count). The van der Waals surface area contributed by atoms with Gasteiger partial charge in [-0.1, -0.05) is 46.3 Å². The van der Waals surface area contributed by atoms with Gasteiger partial charge in [0.15, 0.2) is 0 Å². The molecular formula is C20H20BrN3O2S. The van der Waals surface area contributed by atoms with E-state index in [1.807, 2.05) is 61.5 Å². The van der Waals surface area contributed by atoms with Gasteiger partial charge in [0.1, 0.15) is 5.69 Å². The Labute approximate surface area is 170 Å². The van der Waals surface area contributed by atoms with Gasteiger partial charge in [0.25, 0.3) is 5.56 Å². The monoisotopic (exact) mass is 445 g/mol. The number of thioether (sulfide) groups is 1. The third-order valence-corrected chi connectivity index (χ3v) is 5.71. The summed E-state index contributed by atoms with van der Waals surface area (Å²) in [6.07, 6.45) is 0. The molecular weight excluding hydrogens is 426 g/mol. The zero-order valence-corrected chi connectivity index (χ0v) is 17.5. The molecule has 0 fully saturated rings. The number of halogens is 1. The Hall–Kier alpha value is -2.25. The SMILES string of the molecule is Cc1c(NC(=O)CSCc2cccc(Br)c2)c(=O)n(-c2ccccc2)n1C.